The first-order valence-corrected chi connectivity index (χ1v) is 10.9. The number of carboxylic acids is 1. The van der Waals surface area contributed by atoms with Crippen LogP contribution in [-0.2, 0) is 27.8 Å². The summed E-state index contributed by atoms with van der Waals surface area (Å²) >= 11 is 0. The van der Waals surface area contributed by atoms with E-state index in [0.29, 0.717) is 19.5 Å². The maximum absolute atomic E-state index is 12.0. The molecule has 144 valence electrons. The summed E-state index contributed by atoms with van der Waals surface area (Å²) in [5.74, 6) is -0.778. The number of rotatable bonds is 13. The summed E-state index contributed by atoms with van der Waals surface area (Å²) in [4.78, 5) is 10.5. The molecule has 0 aliphatic rings. The van der Waals surface area contributed by atoms with E-state index < -0.39 is 16.0 Å². The molecular formula is C19H32NNaO4S. The molecule has 0 spiro atoms. The number of nitrogens with zero attached hydrogens (tertiary/aromatic N) is 1. The number of aliphatic carboxylic acids is 1. The van der Waals surface area contributed by atoms with Crippen molar-refractivity contribution in [3.63, 3.8) is 0 Å². The third-order valence-electron chi connectivity index (χ3n) is 4.22. The average molecular weight is 394 g/mol. The normalized spacial score (nSPS) is 11.3. The molecule has 1 N–H and O–H groups in total. The predicted octanol–water partition coefficient (Wildman–Crippen LogP) is 3.18. The van der Waals surface area contributed by atoms with Crippen molar-refractivity contribution in [2.75, 3.05) is 12.8 Å². The number of hydrogen-bond acceptors (Lipinski definition) is 3. The van der Waals surface area contributed by atoms with Gasteiger partial charge in [0.2, 0.25) is 10.0 Å². The van der Waals surface area contributed by atoms with Crippen molar-refractivity contribution in [1.82, 2.24) is 4.31 Å². The molecule has 0 bridgehead atoms. The molecule has 1 aromatic carbocycles. The number of aryl methyl sites for hydroxylation is 1. The molecular weight excluding hydrogens is 361 g/mol. The van der Waals surface area contributed by atoms with Crippen molar-refractivity contribution in [2.45, 2.75) is 64.8 Å². The molecule has 0 aromatic heterocycles. The van der Waals surface area contributed by atoms with Crippen molar-refractivity contribution >= 4 is 45.5 Å². The van der Waals surface area contributed by atoms with Gasteiger partial charge in [0.05, 0.1) is 6.26 Å². The summed E-state index contributed by atoms with van der Waals surface area (Å²) in [7, 11) is -3.25. The zero-order valence-electron chi connectivity index (χ0n) is 15.4. The summed E-state index contributed by atoms with van der Waals surface area (Å²) in [5, 5.41) is 8.61. The second kappa shape index (κ2) is 13.7. The van der Waals surface area contributed by atoms with Crippen molar-refractivity contribution in [3.8, 4) is 0 Å². The third-order valence-corrected chi connectivity index (χ3v) is 5.47. The van der Waals surface area contributed by atoms with Gasteiger partial charge in [-0.05, 0) is 36.8 Å². The molecule has 1 aromatic rings. The summed E-state index contributed by atoms with van der Waals surface area (Å²) < 4.78 is 25.5. The van der Waals surface area contributed by atoms with Crippen LogP contribution in [0.4, 0.5) is 0 Å². The molecule has 0 saturated heterocycles. The van der Waals surface area contributed by atoms with E-state index in [1.165, 1.54) is 16.1 Å². The Morgan fingerprint density at radius 2 is 1.58 bits per heavy atom. The van der Waals surface area contributed by atoms with Crippen LogP contribution in [0.3, 0.4) is 0 Å². The summed E-state index contributed by atoms with van der Waals surface area (Å²) in [6, 6.07) is 8.18. The number of hydrogen-bond donors (Lipinski definition) is 1. The standard InChI is InChI=1S/C19H31NO4S.Na.H/c1-3-4-9-17-11-13-18(14-12-17)16-20(25(2,23)24)15-8-6-5-7-10-19(21)22;;/h11-14H,3-10,15-16H2,1-2H3,(H,21,22);;. The van der Waals surface area contributed by atoms with Crippen molar-refractivity contribution < 1.29 is 18.3 Å². The summed E-state index contributed by atoms with van der Waals surface area (Å²) in [6.45, 7) is 3.03. The Labute approximate surface area is 180 Å². The number of sulfonamides is 1. The predicted molar refractivity (Wildman–Crippen MR) is 108 cm³/mol. The van der Waals surface area contributed by atoms with Gasteiger partial charge in [-0.15, -0.1) is 0 Å². The van der Waals surface area contributed by atoms with E-state index in [-0.39, 0.29) is 36.0 Å². The van der Waals surface area contributed by atoms with E-state index in [2.05, 4.69) is 19.1 Å². The Morgan fingerprint density at radius 1 is 1.00 bits per heavy atom. The number of carbonyl (C=O) groups is 1. The monoisotopic (exact) mass is 393 g/mol. The molecule has 26 heavy (non-hydrogen) atoms. The van der Waals surface area contributed by atoms with Gasteiger partial charge in [0.1, 0.15) is 0 Å². The quantitative estimate of drug-likeness (QED) is 0.413. The van der Waals surface area contributed by atoms with Gasteiger partial charge in [0, 0.05) is 19.5 Å². The second-order valence-electron chi connectivity index (χ2n) is 6.57. The van der Waals surface area contributed by atoms with E-state index in [4.69, 9.17) is 5.11 Å². The van der Waals surface area contributed by atoms with Crippen LogP contribution in [0.15, 0.2) is 24.3 Å². The van der Waals surface area contributed by atoms with Gasteiger partial charge in [-0.25, -0.2) is 8.42 Å². The fraction of sp³-hybridized carbons (Fsp3) is 0.632. The van der Waals surface area contributed by atoms with Gasteiger partial charge in [0.15, 0.2) is 0 Å². The van der Waals surface area contributed by atoms with Gasteiger partial charge >= 0.3 is 35.5 Å². The van der Waals surface area contributed by atoms with Crippen molar-refractivity contribution in [3.05, 3.63) is 35.4 Å². The van der Waals surface area contributed by atoms with E-state index in [0.717, 1.165) is 44.1 Å². The van der Waals surface area contributed by atoms with E-state index >= 15 is 0 Å². The van der Waals surface area contributed by atoms with Crippen LogP contribution in [0.1, 0.15) is 63.0 Å². The zero-order valence-corrected chi connectivity index (χ0v) is 16.2. The van der Waals surface area contributed by atoms with Gasteiger partial charge < -0.3 is 5.11 Å². The van der Waals surface area contributed by atoms with Crippen LogP contribution in [0.5, 0.6) is 0 Å². The molecule has 0 aliphatic heterocycles. The van der Waals surface area contributed by atoms with Crippen LogP contribution in [0, 0.1) is 0 Å². The van der Waals surface area contributed by atoms with Crippen LogP contribution >= 0.6 is 0 Å². The molecule has 0 unspecified atom stereocenters. The van der Waals surface area contributed by atoms with Gasteiger partial charge in [-0.1, -0.05) is 50.5 Å². The molecule has 1 rings (SSSR count). The number of benzene rings is 1. The Hall–Kier alpha value is -0.400. The first-order valence-electron chi connectivity index (χ1n) is 9.07. The zero-order chi connectivity index (χ0) is 18.7. The fourth-order valence-electron chi connectivity index (χ4n) is 2.68. The van der Waals surface area contributed by atoms with Crippen LogP contribution in [-0.4, -0.2) is 66.2 Å². The van der Waals surface area contributed by atoms with Crippen LogP contribution in [0.2, 0.25) is 0 Å². The fourth-order valence-corrected chi connectivity index (χ4v) is 3.52. The second-order valence-corrected chi connectivity index (χ2v) is 8.56. The van der Waals surface area contributed by atoms with Crippen molar-refractivity contribution in [1.29, 1.82) is 0 Å². The average Bonchev–Trinajstić information content (AvgIpc) is 2.54. The first-order chi connectivity index (χ1) is 11.8. The van der Waals surface area contributed by atoms with Gasteiger partial charge in [0.25, 0.3) is 0 Å². The summed E-state index contributed by atoms with van der Waals surface area (Å²) in [5.41, 5.74) is 2.28. The number of unbranched alkanes of at least 4 members (excludes halogenated alkanes) is 4. The first kappa shape index (κ1) is 25.6. The van der Waals surface area contributed by atoms with Gasteiger partial charge in [-0.3, -0.25) is 4.79 Å². The number of carboxylic acid groups (broad SMARTS) is 1. The molecule has 0 heterocycles. The molecule has 0 amide bonds. The summed E-state index contributed by atoms with van der Waals surface area (Å²) in [6.07, 6.45) is 7.86. The van der Waals surface area contributed by atoms with E-state index in [1.807, 2.05) is 12.1 Å². The topological polar surface area (TPSA) is 74.7 Å². The molecule has 0 atom stereocenters. The Bertz CT molecular complexity index is 617. The SMILES string of the molecule is CCCCc1ccc(CN(CCCCCCC(=O)O)S(C)(=O)=O)cc1.[NaH]. The van der Waals surface area contributed by atoms with Crippen LogP contribution in [0.25, 0.3) is 0 Å². The van der Waals surface area contributed by atoms with Crippen molar-refractivity contribution in [2.24, 2.45) is 0 Å². The molecule has 0 fully saturated rings. The van der Waals surface area contributed by atoms with E-state index in [1.54, 1.807) is 0 Å². The Morgan fingerprint density at radius 3 is 2.12 bits per heavy atom. The molecule has 7 heteroatoms. The molecule has 0 aliphatic carbocycles. The van der Waals surface area contributed by atoms with E-state index in [9.17, 15) is 13.2 Å². The minimum absolute atomic E-state index is 0. The third kappa shape index (κ3) is 11.3. The maximum atomic E-state index is 12.0. The molecule has 0 saturated carbocycles. The molecule has 0 radical (unpaired) electrons. The van der Waals surface area contributed by atoms with Crippen LogP contribution < -0.4 is 0 Å². The van der Waals surface area contributed by atoms with Gasteiger partial charge in [-0.2, -0.15) is 4.31 Å². The Balaban J connectivity index is 0.00000625. The Kier molecular flexibility index (Phi) is 13.5. The molecule has 5 nitrogen and oxygen atoms in total. The minimum atomic E-state index is -3.25.